The van der Waals surface area contributed by atoms with Gasteiger partial charge in [-0.15, -0.1) is 0 Å². The Labute approximate surface area is 306 Å². The third-order valence-electron chi connectivity index (χ3n) is 10.1. The lowest BCUT2D eigenvalue weighted by molar-refractivity contribution is 0.483. The van der Waals surface area contributed by atoms with Crippen LogP contribution in [0.4, 0.5) is 23.0 Å². The quantitative estimate of drug-likeness (QED) is 0.174. The van der Waals surface area contributed by atoms with Crippen molar-refractivity contribution in [2.75, 3.05) is 16.5 Å². The van der Waals surface area contributed by atoms with Gasteiger partial charge in [-0.1, -0.05) is 79.7 Å². The van der Waals surface area contributed by atoms with E-state index in [1.165, 1.54) is 22.1 Å². The van der Waals surface area contributed by atoms with E-state index in [0.29, 0.717) is 12.6 Å². The summed E-state index contributed by atoms with van der Waals surface area (Å²) in [6.45, 7) is 18.5. The maximum absolute atomic E-state index is 6.64. The molecule has 1 aliphatic rings. The van der Waals surface area contributed by atoms with Crippen LogP contribution in [-0.4, -0.2) is 26.2 Å². The predicted molar refractivity (Wildman–Crippen MR) is 214 cm³/mol. The molecule has 0 fully saturated rings. The van der Waals surface area contributed by atoms with Gasteiger partial charge in [-0.3, -0.25) is 4.57 Å². The predicted octanol–water partition coefficient (Wildman–Crippen LogP) is 11.7. The van der Waals surface area contributed by atoms with Crippen molar-refractivity contribution < 1.29 is 4.74 Å². The molecule has 0 aliphatic carbocycles. The Morgan fingerprint density at radius 3 is 2.21 bits per heavy atom. The lowest BCUT2D eigenvalue weighted by Gasteiger charge is -2.29. The minimum Gasteiger partial charge on any atom is -0.457 e. The summed E-state index contributed by atoms with van der Waals surface area (Å²) in [5, 5.41) is 2.34. The Hall–Kier alpha value is -5.69. The summed E-state index contributed by atoms with van der Waals surface area (Å²) in [5.74, 6) is 4.65. The van der Waals surface area contributed by atoms with Crippen LogP contribution in [-0.2, 0) is 10.8 Å². The summed E-state index contributed by atoms with van der Waals surface area (Å²) in [4.78, 5) is 19.3. The third-order valence-corrected chi connectivity index (χ3v) is 10.1. The molecule has 4 aromatic heterocycles. The number of pyridine rings is 3. The van der Waals surface area contributed by atoms with E-state index in [-0.39, 0.29) is 10.8 Å². The zero-order valence-electron chi connectivity index (χ0n) is 31.3. The van der Waals surface area contributed by atoms with Gasteiger partial charge in [0, 0.05) is 52.7 Å². The number of hydrogen-bond donors (Lipinski definition) is 0. The molecule has 1 aliphatic heterocycles. The summed E-state index contributed by atoms with van der Waals surface area (Å²) in [7, 11) is 0. The van der Waals surface area contributed by atoms with Gasteiger partial charge >= 0.3 is 0 Å². The Morgan fingerprint density at radius 2 is 1.42 bits per heavy atom. The highest BCUT2D eigenvalue weighted by atomic mass is 16.5. The fourth-order valence-electron chi connectivity index (χ4n) is 7.15. The van der Waals surface area contributed by atoms with Crippen LogP contribution in [0.25, 0.3) is 27.6 Å². The molecule has 0 N–H and O–H groups in total. The number of ether oxygens (including phenoxy) is 1. The Morgan fingerprint density at radius 1 is 0.635 bits per heavy atom. The average Bonchev–Trinajstić information content (AvgIpc) is 3.67. The van der Waals surface area contributed by atoms with E-state index in [1.807, 2.05) is 36.8 Å². The SMILES string of the molecule is CC(C)c1cnc(N2CN(c3cccc(Oc4ccc5c6ccccc6n(-c6cc(C(C)(C)C)ccn6)c5c4)c3)c3ncccc32)c(C(C)(C)C)c1. The van der Waals surface area contributed by atoms with E-state index in [9.17, 15) is 0 Å². The molecular weight excluding hydrogens is 641 g/mol. The summed E-state index contributed by atoms with van der Waals surface area (Å²) in [6.07, 6.45) is 5.79. The van der Waals surface area contributed by atoms with Crippen LogP contribution >= 0.6 is 0 Å². The molecule has 0 bridgehead atoms. The molecule has 0 unspecified atom stereocenters. The van der Waals surface area contributed by atoms with E-state index < -0.39 is 0 Å². The van der Waals surface area contributed by atoms with Crippen LogP contribution in [0.15, 0.2) is 116 Å². The summed E-state index contributed by atoms with van der Waals surface area (Å²) >= 11 is 0. The molecule has 52 heavy (non-hydrogen) atoms. The molecule has 7 nitrogen and oxygen atoms in total. The highest BCUT2D eigenvalue weighted by Crippen LogP contribution is 2.46. The van der Waals surface area contributed by atoms with Crippen molar-refractivity contribution in [3.8, 4) is 17.3 Å². The molecule has 0 radical (unpaired) electrons. The van der Waals surface area contributed by atoms with Crippen molar-refractivity contribution in [3.63, 3.8) is 0 Å². The zero-order valence-corrected chi connectivity index (χ0v) is 31.3. The third kappa shape index (κ3) is 5.94. The minimum absolute atomic E-state index is 0.00191. The molecule has 0 amide bonds. The molecule has 7 aromatic rings. The lowest BCUT2D eigenvalue weighted by atomic mass is 9.85. The highest BCUT2D eigenvalue weighted by molar-refractivity contribution is 6.09. The number of fused-ring (bicyclic) bond motifs is 4. The van der Waals surface area contributed by atoms with Crippen LogP contribution < -0.4 is 14.5 Å². The molecule has 7 heteroatoms. The topological polar surface area (TPSA) is 59.3 Å². The van der Waals surface area contributed by atoms with Gasteiger partial charge in [-0.05, 0) is 88.5 Å². The molecule has 3 aromatic carbocycles. The second-order valence-corrected chi connectivity index (χ2v) is 16.2. The lowest BCUT2D eigenvalue weighted by Crippen LogP contribution is -2.28. The van der Waals surface area contributed by atoms with Crippen LogP contribution in [0.1, 0.15) is 78.0 Å². The highest BCUT2D eigenvalue weighted by Gasteiger charge is 2.33. The zero-order chi connectivity index (χ0) is 36.4. The summed E-state index contributed by atoms with van der Waals surface area (Å²) < 4.78 is 8.89. The van der Waals surface area contributed by atoms with Crippen molar-refractivity contribution in [1.82, 2.24) is 19.5 Å². The molecule has 0 saturated carbocycles. The number of nitrogens with zero attached hydrogens (tertiary/aromatic N) is 6. The van der Waals surface area contributed by atoms with Crippen LogP contribution in [0.2, 0.25) is 0 Å². The van der Waals surface area contributed by atoms with Gasteiger partial charge in [0.15, 0.2) is 5.82 Å². The van der Waals surface area contributed by atoms with Crippen molar-refractivity contribution in [2.45, 2.75) is 72.1 Å². The number of anilines is 4. The van der Waals surface area contributed by atoms with Crippen LogP contribution in [0, 0.1) is 0 Å². The van der Waals surface area contributed by atoms with Gasteiger partial charge in [0.2, 0.25) is 0 Å². The molecular formula is C45H46N6O. The first-order valence-electron chi connectivity index (χ1n) is 18.2. The van der Waals surface area contributed by atoms with Gasteiger partial charge in [0.1, 0.15) is 29.8 Å². The van der Waals surface area contributed by atoms with Crippen molar-refractivity contribution in [3.05, 3.63) is 132 Å². The molecule has 0 atom stereocenters. The molecule has 5 heterocycles. The first-order chi connectivity index (χ1) is 24.9. The number of benzene rings is 3. The fourth-order valence-corrected chi connectivity index (χ4v) is 7.15. The van der Waals surface area contributed by atoms with Crippen LogP contribution in [0.5, 0.6) is 11.5 Å². The monoisotopic (exact) mass is 686 g/mol. The van der Waals surface area contributed by atoms with E-state index in [1.54, 1.807) is 0 Å². The van der Waals surface area contributed by atoms with E-state index in [4.69, 9.17) is 19.7 Å². The van der Waals surface area contributed by atoms with Crippen molar-refractivity contribution in [2.24, 2.45) is 0 Å². The number of aromatic nitrogens is 4. The smallest absolute Gasteiger partial charge is 0.158 e. The maximum atomic E-state index is 6.64. The van der Waals surface area contributed by atoms with Gasteiger partial charge in [-0.2, -0.15) is 0 Å². The van der Waals surface area contributed by atoms with Gasteiger partial charge < -0.3 is 14.5 Å². The Kier molecular flexibility index (Phi) is 8.05. The minimum atomic E-state index is -0.0882. The second kappa shape index (κ2) is 12.5. The van der Waals surface area contributed by atoms with E-state index in [2.05, 4.69) is 149 Å². The summed E-state index contributed by atoms with van der Waals surface area (Å²) in [6, 6.07) is 33.9. The molecule has 262 valence electrons. The summed E-state index contributed by atoms with van der Waals surface area (Å²) in [5.41, 5.74) is 7.81. The second-order valence-electron chi connectivity index (χ2n) is 16.2. The molecule has 8 rings (SSSR count). The average molecular weight is 687 g/mol. The Bertz CT molecular complexity index is 2450. The molecule has 0 spiro atoms. The Balaban J connectivity index is 1.15. The number of rotatable bonds is 6. The number of para-hydroxylation sites is 1. The normalized spacial score (nSPS) is 13.4. The largest absolute Gasteiger partial charge is 0.457 e. The van der Waals surface area contributed by atoms with E-state index in [0.717, 1.165) is 56.7 Å². The van der Waals surface area contributed by atoms with Crippen molar-refractivity contribution in [1.29, 1.82) is 0 Å². The first kappa shape index (κ1) is 33.5. The standard InChI is InChI=1S/C45H46N6O/c1-29(2)30-23-37(45(6,7)8)42(48-27-30)50-28-49(43-39(50)17-12-21-47-43)32-13-11-14-33(25-32)52-34-18-19-36-35-15-9-10-16-38(35)51(40(36)26-34)41-24-31(20-22-46-41)44(3,4)5/h9-27,29H,28H2,1-8H3. The first-order valence-corrected chi connectivity index (χ1v) is 18.2. The van der Waals surface area contributed by atoms with Gasteiger partial charge in [0.05, 0.1) is 16.7 Å². The van der Waals surface area contributed by atoms with Gasteiger partial charge in [0.25, 0.3) is 0 Å². The van der Waals surface area contributed by atoms with Gasteiger partial charge in [-0.25, -0.2) is 15.0 Å². The number of hydrogen-bond acceptors (Lipinski definition) is 6. The van der Waals surface area contributed by atoms with E-state index >= 15 is 0 Å². The molecule has 0 saturated heterocycles. The van der Waals surface area contributed by atoms with Crippen LogP contribution in [0.3, 0.4) is 0 Å². The van der Waals surface area contributed by atoms with Crippen molar-refractivity contribution >= 4 is 44.8 Å². The maximum Gasteiger partial charge on any atom is 0.158 e. The fraction of sp³-hybridized carbons (Fsp3) is 0.267.